The van der Waals surface area contributed by atoms with Crippen LogP contribution >= 0.6 is 0 Å². The van der Waals surface area contributed by atoms with Crippen molar-refractivity contribution in [1.29, 1.82) is 0 Å². The first-order valence-electron chi connectivity index (χ1n) is 37.9. The monoisotopic (exact) mass is 1540 g/mol. The molecule has 0 aliphatic carbocycles. The standard InChI is InChI=1S/C74H140O32/c1-6-13-100-63-69(2)102-64-70(3)103-65-71(4)104-66-72(5)105-67-74(68-106-73-10-8-7-9-11-73)101-62-61-99-60-59-98-58-57-97-56-55-96-54-53-95-52-51-94-50-49-93-48-47-92-46-45-91-44-43-90-42-41-89-40-39-88-38-37-87-36-35-86-34-33-85-32-31-84-30-29-83-28-27-82-26-25-81-24-23-80-22-21-79-20-19-78-18-17-77-16-15-76-14-12-75/h6-11,69-72,74-75H,1,12-68H2,2-5H3. The van der Waals surface area contributed by atoms with Gasteiger partial charge in [0.2, 0.25) is 0 Å². The maximum Gasteiger partial charge on any atom is 0.119 e. The van der Waals surface area contributed by atoms with Gasteiger partial charge in [0.15, 0.2) is 0 Å². The first-order chi connectivity index (χ1) is 52.4. The molecule has 0 bridgehead atoms. The molecule has 0 aliphatic heterocycles. The van der Waals surface area contributed by atoms with Crippen molar-refractivity contribution in [2.75, 3.05) is 377 Å². The molecule has 106 heavy (non-hydrogen) atoms. The smallest absolute Gasteiger partial charge is 0.119 e. The molecule has 1 N–H and O–H groups in total. The van der Waals surface area contributed by atoms with E-state index in [2.05, 4.69) is 6.58 Å². The lowest BCUT2D eigenvalue weighted by atomic mass is 10.3. The number of para-hydroxylation sites is 1. The van der Waals surface area contributed by atoms with Crippen molar-refractivity contribution in [3.05, 3.63) is 43.0 Å². The molecule has 0 aromatic heterocycles. The van der Waals surface area contributed by atoms with E-state index < -0.39 is 0 Å². The van der Waals surface area contributed by atoms with E-state index in [1.807, 2.05) is 58.0 Å². The second-order valence-electron chi connectivity index (χ2n) is 22.9. The van der Waals surface area contributed by atoms with E-state index in [1.54, 1.807) is 6.08 Å². The van der Waals surface area contributed by atoms with Gasteiger partial charge in [-0.05, 0) is 39.8 Å². The molecule has 0 saturated heterocycles. The van der Waals surface area contributed by atoms with E-state index >= 15 is 0 Å². The first kappa shape index (κ1) is 102. The minimum absolute atomic E-state index is 0.0156. The van der Waals surface area contributed by atoms with Gasteiger partial charge in [-0.2, -0.15) is 0 Å². The average molecular weight is 1540 g/mol. The molecule has 1 aromatic carbocycles. The predicted octanol–water partition coefficient (Wildman–Crippen LogP) is 3.66. The molecule has 5 unspecified atom stereocenters. The zero-order valence-electron chi connectivity index (χ0n) is 65.0. The van der Waals surface area contributed by atoms with E-state index in [9.17, 15) is 0 Å². The van der Waals surface area contributed by atoms with Crippen LogP contribution in [0, 0.1) is 0 Å². The SMILES string of the molecule is C=CCOCC(C)OCC(C)OCC(C)OCC(C)OCC(COc1ccccc1)OCCOCCOCCOCCOCCOCCOCCOCCOCCOCCOCCOCCOCCOCCOCCOCCOCCOCCOCCOCCOCCOCCOCCOCCOCCO. The van der Waals surface area contributed by atoms with Crippen LogP contribution in [0.4, 0.5) is 0 Å². The van der Waals surface area contributed by atoms with Crippen LogP contribution in [-0.4, -0.2) is 412 Å². The summed E-state index contributed by atoms with van der Waals surface area (Å²) in [6, 6.07) is 9.61. The summed E-state index contributed by atoms with van der Waals surface area (Å²) in [4.78, 5) is 0. The van der Waals surface area contributed by atoms with Crippen LogP contribution in [-0.2, 0) is 142 Å². The van der Waals surface area contributed by atoms with Crippen LogP contribution in [0.2, 0.25) is 0 Å². The summed E-state index contributed by atoms with van der Waals surface area (Å²) in [6.07, 6.45) is 1.02. The summed E-state index contributed by atoms with van der Waals surface area (Å²) in [5, 5.41) is 8.63. The third-order valence-electron chi connectivity index (χ3n) is 13.6. The Kier molecular flexibility index (Phi) is 84.4. The molecule has 32 nitrogen and oxygen atoms in total. The number of hydrogen-bond acceptors (Lipinski definition) is 32. The molecule has 5 atom stereocenters. The Balaban J connectivity index is 1.72. The lowest BCUT2D eigenvalue weighted by Crippen LogP contribution is -2.32. The quantitative estimate of drug-likeness (QED) is 0.0718. The zero-order chi connectivity index (χ0) is 75.9. The van der Waals surface area contributed by atoms with E-state index in [1.165, 1.54) is 0 Å². The van der Waals surface area contributed by atoms with Crippen molar-refractivity contribution in [2.24, 2.45) is 0 Å². The highest BCUT2D eigenvalue weighted by Gasteiger charge is 2.16. The molecular weight excluding hydrogens is 1400 g/mol. The number of rotatable bonds is 94. The molecule has 1 aromatic rings. The van der Waals surface area contributed by atoms with Crippen molar-refractivity contribution in [1.82, 2.24) is 0 Å². The number of benzene rings is 1. The highest BCUT2D eigenvalue weighted by Crippen LogP contribution is 2.11. The summed E-state index contributed by atoms with van der Waals surface area (Å²) < 4.78 is 174. The summed E-state index contributed by atoms with van der Waals surface area (Å²) in [5.74, 6) is 0.759. The molecule has 0 heterocycles. The molecule has 0 fully saturated rings. The van der Waals surface area contributed by atoms with Gasteiger partial charge in [0.1, 0.15) is 18.5 Å². The minimum atomic E-state index is -0.312. The molecular formula is C74H140O32. The summed E-state index contributed by atoms with van der Waals surface area (Å²) in [5.41, 5.74) is 0. The highest BCUT2D eigenvalue weighted by molar-refractivity contribution is 5.20. The van der Waals surface area contributed by atoms with E-state index in [0.717, 1.165) is 5.75 Å². The van der Waals surface area contributed by atoms with Crippen molar-refractivity contribution in [3.8, 4) is 5.75 Å². The van der Waals surface area contributed by atoms with Crippen molar-refractivity contribution < 1.29 is 152 Å². The van der Waals surface area contributed by atoms with Crippen LogP contribution in [0.15, 0.2) is 43.0 Å². The largest absolute Gasteiger partial charge is 0.491 e. The molecule has 0 amide bonds. The minimum Gasteiger partial charge on any atom is -0.491 e. The van der Waals surface area contributed by atoms with Crippen molar-refractivity contribution in [3.63, 3.8) is 0 Å². The highest BCUT2D eigenvalue weighted by atomic mass is 16.6. The fourth-order valence-corrected chi connectivity index (χ4v) is 8.03. The Bertz CT molecular complexity index is 1800. The Labute approximate surface area is 633 Å². The average Bonchev–Trinajstić information content (AvgIpc) is 1.11. The lowest BCUT2D eigenvalue weighted by molar-refractivity contribution is -0.107. The third-order valence-corrected chi connectivity index (χ3v) is 13.6. The van der Waals surface area contributed by atoms with Gasteiger partial charge < -0.3 is 152 Å². The van der Waals surface area contributed by atoms with Crippen LogP contribution in [0.5, 0.6) is 5.75 Å². The summed E-state index contributed by atoms with van der Waals surface area (Å²) >= 11 is 0. The Morgan fingerprint density at radius 1 is 0.236 bits per heavy atom. The van der Waals surface area contributed by atoms with Gasteiger partial charge >= 0.3 is 0 Å². The van der Waals surface area contributed by atoms with Gasteiger partial charge in [0.05, 0.1) is 394 Å². The normalized spacial score (nSPS) is 13.3. The van der Waals surface area contributed by atoms with Gasteiger partial charge in [-0.3, -0.25) is 0 Å². The van der Waals surface area contributed by atoms with Gasteiger partial charge in [-0.1, -0.05) is 24.3 Å². The summed E-state index contributed by atoms with van der Waals surface area (Å²) in [7, 11) is 0. The number of aliphatic hydroxyl groups excluding tert-OH is 1. The van der Waals surface area contributed by atoms with Crippen molar-refractivity contribution in [2.45, 2.75) is 58.2 Å². The van der Waals surface area contributed by atoms with Gasteiger partial charge in [-0.25, -0.2) is 0 Å². The molecule has 0 saturated carbocycles. The van der Waals surface area contributed by atoms with Crippen LogP contribution < -0.4 is 4.74 Å². The fraction of sp³-hybridized carbons (Fsp3) is 0.892. The maximum atomic E-state index is 8.63. The predicted molar refractivity (Wildman–Crippen MR) is 391 cm³/mol. The van der Waals surface area contributed by atoms with E-state index in [-0.39, 0.29) is 37.1 Å². The van der Waals surface area contributed by atoms with E-state index in [0.29, 0.717) is 370 Å². The topological polar surface area (TPSA) is 306 Å². The van der Waals surface area contributed by atoms with Crippen LogP contribution in [0.1, 0.15) is 27.7 Å². The molecule has 0 aliphatic rings. The molecule has 628 valence electrons. The Hall–Kier alpha value is -2.48. The zero-order valence-corrected chi connectivity index (χ0v) is 65.0. The van der Waals surface area contributed by atoms with E-state index in [4.69, 9.17) is 152 Å². The Morgan fingerprint density at radius 3 is 0.651 bits per heavy atom. The Morgan fingerprint density at radius 2 is 0.434 bits per heavy atom. The second kappa shape index (κ2) is 88.1. The molecule has 1 rings (SSSR count). The second-order valence-corrected chi connectivity index (χ2v) is 22.9. The van der Waals surface area contributed by atoms with Gasteiger partial charge in [0.25, 0.3) is 0 Å². The summed E-state index contributed by atoms with van der Waals surface area (Å²) in [6.45, 7) is 37.5. The molecule has 0 spiro atoms. The van der Waals surface area contributed by atoms with Gasteiger partial charge in [-0.15, -0.1) is 6.58 Å². The van der Waals surface area contributed by atoms with Crippen molar-refractivity contribution >= 4 is 0 Å². The van der Waals surface area contributed by atoms with Crippen LogP contribution in [0.25, 0.3) is 0 Å². The maximum absolute atomic E-state index is 8.63. The first-order valence-corrected chi connectivity index (χ1v) is 37.9. The number of hydrogen-bond donors (Lipinski definition) is 1. The lowest BCUT2D eigenvalue weighted by Gasteiger charge is -2.23. The molecule has 0 radical (unpaired) electrons. The third kappa shape index (κ3) is 82.5. The van der Waals surface area contributed by atoms with Crippen LogP contribution in [0.3, 0.4) is 0 Å². The molecule has 32 heteroatoms. The number of aliphatic hydroxyl groups is 1. The van der Waals surface area contributed by atoms with Gasteiger partial charge in [0, 0.05) is 0 Å². The fourth-order valence-electron chi connectivity index (χ4n) is 8.03. The number of ether oxygens (including phenoxy) is 31.